The van der Waals surface area contributed by atoms with Gasteiger partial charge < -0.3 is 30.4 Å². The van der Waals surface area contributed by atoms with Crippen molar-refractivity contribution < 1.29 is 46.4 Å². The second-order valence-electron chi connectivity index (χ2n) is 13.4. The van der Waals surface area contributed by atoms with Crippen LogP contribution in [0.5, 0.6) is 0 Å². The van der Waals surface area contributed by atoms with E-state index < -0.39 is 39.9 Å². The van der Waals surface area contributed by atoms with Gasteiger partial charge in [-0.15, -0.1) is 0 Å². The number of ether oxygens (including phenoxy) is 2. The molecule has 0 spiro atoms. The topological polar surface area (TPSA) is 301 Å². The molecule has 0 atom stereocenters. The van der Waals surface area contributed by atoms with Crippen LogP contribution in [0, 0.1) is 6.92 Å². The summed E-state index contributed by atoms with van der Waals surface area (Å²) >= 11 is 0. The molecule has 58 heavy (non-hydrogen) atoms. The smallest absolute Gasteiger partial charge is 0.407 e. The van der Waals surface area contributed by atoms with E-state index in [1.165, 1.54) is 18.3 Å². The molecule has 22 heteroatoms. The summed E-state index contributed by atoms with van der Waals surface area (Å²) in [6.45, 7) is 2.07. The summed E-state index contributed by atoms with van der Waals surface area (Å²) < 4.78 is 41.4. The molecule has 2 aromatic heterocycles. The maximum atomic E-state index is 12.4. The third-order valence-electron chi connectivity index (χ3n) is 8.30. The molecule has 2 heterocycles. The van der Waals surface area contributed by atoms with Gasteiger partial charge in [-0.3, -0.25) is 43.7 Å². The molecule has 2 aromatic rings. The Labute approximate surface area is 337 Å². The first kappa shape index (κ1) is 48.9. The normalized spacial score (nSPS) is 11.2. The Morgan fingerprint density at radius 3 is 2.10 bits per heavy atom. The van der Waals surface area contributed by atoms with E-state index in [9.17, 15) is 42.0 Å². The van der Waals surface area contributed by atoms with Gasteiger partial charge in [0.05, 0.1) is 18.7 Å². The second kappa shape index (κ2) is 28.2. The second-order valence-corrected chi connectivity index (χ2v) is 15.0. The van der Waals surface area contributed by atoms with E-state index in [0.29, 0.717) is 56.7 Å². The average Bonchev–Trinajstić information content (AvgIpc) is 3.12. The van der Waals surface area contributed by atoms with Gasteiger partial charge in [0, 0.05) is 69.6 Å². The van der Waals surface area contributed by atoms with Crippen LogP contribution in [0.25, 0.3) is 0 Å². The molecule has 0 aromatic carbocycles. The number of urea groups is 1. The minimum absolute atomic E-state index is 0.00129. The molecule has 0 bridgehead atoms. The number of hydrogen-bond donors (Lipinski definition) is 7. The predicted molar refractivity (Wildman–Crippen MR) is 212 cm³/mol. The highest BCUT2D eigenvalue weighted by molar-refractivity contribution is 7.85. The van der Waals surface area contributed by atoms with E-state index in [0.717, 1.165) is 38.5 Å². The number of alkyl carbamates (subject to hydrolysis) is 1. The van der Waals surface area contributed by atoms with Gasteiger partial charge in [-0.05, 0) is 32.6 Å². The lowest BCUT2D eigenvalue weighted by molar-refractivity contribution is -0.144. The Balaban J connectivity index is 1.57. The van der Waals surface area contributed by atoms with Gasteiger partial charge in [0.1, 0.15) is 24.8 Å². The highest BCUT2D eigenvalue weighted by Gasteiger charge is 2.15. The minimum atomic E-state index is -4.26. The van der Waals surface area contributed by atoms with Gasteiger partial charge >= 0.3 is 18.1 Å². The fraction of sp³-hybridized carbons (Fsp3) is 0.639. The van der Waals surface area contributed by atoms with Crippen LogP contribution < -0.4 is 32.4 Å². The van der Waals surface area contributed by atoms with Gasteiger partial charge in [0.25, 0.3) is 21.2 Å². The molecule has 0 radical (unpaired) electrons. The molecule has 0 fully saturated rings. The van der Waals surface area contributed by atoms with E-state index in [1.54, 1.807) is 11.8 Å². The van der Waals surface area contributed by atoms with E-state index in [-0.39, 0.29) is 75.1 Å². The SMILES string of the molecule is Cc1cc(=O)[nH]c(NC(=O)NCCCCCCCC(=O)OCCN(CCOC(=O)NCCCCCCCC(=O)Cc2nccc(=O)[nH]2)CC(=O)NCCS(=O)(=O)O)n1. The Kier molecular flexibility index (Phi) is 23.8. The van der Waals surface area contributed by atoms with Crippen molar-refractivity contribution in [2.45, 2.75) is 90.4 Å². The number of anilines is 1. The lowest BCUT2D eigenvalue weighted by atomic mass is 10.1. The number of aromatic nitrogens is 4. The number of rotatable bonds is 30. The fourth-order valence-corrected chi connectivity index (χ4v) is 5.75. The summed E-state index contributed by atoms with van der Waals surface area (Å²) in [6.07, 6.45) is 9.10. The third-order valence-corrected chi connectivity index (χ3v) is 9.02. The average molecular weight is 840 g/mol. The van der Waals surface area contributed by atoms with Gasteiger partial charge in [-0.1, -0.05) is 38.5 Å². The first-order chi connectivity index (χ1) is 27.7. The number of H-pyrrole nitrogens is 2. The zero-order valence-electron chi connectivity index (χ0n) is 33.0. The van der Waals surface area contributed by atoms with E-state index in [2.05, 4.69) is 41.2 Å². The van der Waals surface area contributed by atoms with Crippen LogP contribution in [0.15, 0.2) is 27.9 Å². The summed E-state index contributed by atoms with van der Waals surface area (Å²) in [5.74, 6) is -1.19. The molecule has 324 valence electrons. The number of unbranched alkanes of at least 4 members (excludes halogenated alkanes) is 8. The molecular weight excluding hydrogens is 783 g/mol. The Hall–Kier alpha value is -5.22. The van der Waals surface area contributed by atoms with E-state index in [4.69, 9.17) is 14.0 Å². The monoisotopic (exact) mass is 839 g/mol. The van der Waals surface area contributed by atoms with Crippen molar-refractivity contribution in [2.75, 3.05) is 63.6 Å². The van der Waals surface area contributed by atoms with Crippen molar-refractivity contribution in [2.24, 2.45) is 0 Å². The molecule has 0 saturated carbocycles. The molecule has 2 rings (SSSR count). The van der Waals surface area contributed by atoms with E-state index in [1.807, 2.05) is 0 Å². The van der Waals surface area contributed by atoms with Crippen LogP contribution in [0.2, 0.25) is 0 Å². The van der Waals surface area contributed by atoms with Gasteiger partial charge in [-0.2, -0.15) is 8.42 Å². The standard InChI is InChI=1S/C36H57N9O12S/c1-27-24-31(48)43-34(41-27)44-35(51)39-15-10-6-3-5-9-13-33(50)56-21-19-45(26-32(49)38-18-23-58(53,54)55)20-22-57-36(52)40-16-11-7-2-4-8-12-28(46)25-29-37-17-14-30(47)42-29/h14,17,24H,2-13,15-16,18-23,25-26H2,1H3,(H,38,49)(H,40,52)(H,37,42,47)(H,53,54,55)(H3,39,41,43,44,48,51). The molecule has 0 aliphatic carbocycles. The number of ketones is 1. The zero-order valence-corrected chi connectivity index (χ0v) is 33.8. The Morgan fingerprint density at radius 2 is 1.43 bits per heavy atom. The fourth-order valence-electron chi connectivity index (χ4n) is 5.39. The van der Waals surface area contributed by atoms with Crippen LogP contribution in [0.4, 0.5) is 15.5 Å². The number of nitrogens with one attached hydrogen (secondary N) is 6. The van der Waals surface area contributed by atoms with Crippen molar-refractivity contribution in [3.63, 3.8) is 0 Å². The lowest BCUT2D eigenvalue weighted by Gasteiger charge is -2.21. The van der Waals surface area contributed by atoms with Crippen molar-refractivity contribution in [1.29, 1.82) is 0 Å². The highest BCUT2D eigenvalue weighted by Crippen LogP contribution is 2.08. The minimum Gasteiger partial charge on any atom is -0.464 e. The predicted octanol–water partition coefficient (Wildman–Crippen LogP) is 1.35. The number of aryl methyl sites for hydroxylation is 1. The molecule has 0 saturated heterocycles. The number of hydrogen-bond acceptors (Lipinski definition) is 14. The van der Waals surface area contributed by atoms with Crippen molar-refractivity contribution in [1.82, 2.24) is 40.8 Å². The van der Waals surface area contributed by atoms with Crippen LogP contribution in [0.1, 0.15) is 88.6 Å². The number of carbonyl (C=O) groups excluding carboxylic acids is 5. The highest BCUT2D eigenvalue weighted by atomic mass is 32.2. The van der Waals surface area contributed by atoms with Gasteiger partial charge in [0.15, 0.2) is 0 Å². The molecular formula is C36H57N9O12S. The lowest BCUT2D eigenvalue weighted by Crippen LogP contribution is -2.42. The van der Waals surface area contributed by atoms with Crippen LogP contribution in [-0.2, 0) is 40.4 Å². The Morgan fingerprint density at radius 1 is 0.793 bits per heavy atom. The maximum Gasteiger partial charge on any atom is 0.407 e. The largest absolute Gasteiger partial charge is 0.464 e. The number of esters is 1. The van der Waals surface area contributed by atoms with Gasteiger partial charge in [-0.25, -0.2) is 19.6 Å². The van der Waals surface area contributed by atoms with Crippen molar-refractivity contribution in [3.05, 3.63) is 50.6 Å². The molecule has 7 N–H and O–H groups in total. The third kappa shape index (κ3) is 25.8. The maximum absolute atomic E-state index is 12.4. The number of aromatic amines is 2. The van der Waals surface area contributed by atoms with E-state index >= 15 is 0 Å². The zero-order chi connectivity index (χ0) is 42.6. The number of carbonyl (C=O) groups is 5. The summed E-state index contributed by atoms with van der Waals surface area (Å²) in [4.78, 5) is 98.3. The molecule has 21 nitrogen and oxygen atoms in total. The quantitative estimate of drug-likeness (QED) is 0.0332. The molecule has 0 aliphatic rings. The summed E-state index contributed by atoms with van der Waals surface area (Å²) in [5.41, 5.74) is -0.182. The first-order valence-corrected chi connectivity index (χ1v) is 21.0. The summed E-state index contributed by atoms with van der Waals surface area (Å²) in [6, 6.07) is 2.12. The van der Waals surface area contributed by atoms with Crippen molar-refractivity contribution in [3.8, 4) is 0 Å². The summed E-state index contributed by atoms with van der Waals surface area (Å²) in [5, 5.41) is 10.2. The number of nitrogens with zero attached hydrogens (tertiary/aromatic N) is 3. The Bertz CT molecular complexity index is 1820. The molecule has 0 aliphatic heterocycles. The van der Waals surface area contributed by atoms with Crippen molar-refractivity contribution >= 4 is 45.9 Å². The molecule has 0 unspecified atom stereocenters. The number of Topliss-reactive ketones (excluding diaryl/α,β-unsaturated/α-hetero) is 1. The summed E-state index contributed by atoms with van der Waals surface area (Å²) in [7, 11) is -4.26. The molecule has 4 amide bonds. The van der Waals surface area contributed by atoms with Crippen LogP contribution >= 0.6 is 0 Å². The van der Waals surface area contributed by atoms with Gasteiger partial charge in [0.2, 0.25) is 11.9 Å². The van der Waals surface area contributed by atoms with Crippen LogP contribution in [-0.4, -0.2) is 126 Å². The first-order valence-electron chi connectivity index (χ1n) is 19.4. The number of amides is 4. The van der Waals surface area contributed by atoms with Crippen LogP contribution in [0.3, 0.4) is 0 Å².